The van der Waals surface area contributed by atoms with Crippen LogP contribution >= 0.6 is 0 Å². The normalized spacial score (nSPS) is 13.2. The summed E-state index contributed by atoms with van der Waals surface area (Å²) >= 11 is 0. The SMILES string of the molecule is CCCc1nc2c(C)cc(CC(C)O)nc2n1C. The second-order valence-corrected chi connectivity index (χ2v) is 4.99. The van der Waals surface area contributed by atoms with Crippen molar-refractivity contribution in [3.63, 3.8) is 0 Å². The minimum atomic E-state index is -0.363. The van der Waals surface area contributed by atoms with E-state index in [9.17, 15) is 5.11 Å². The molecule has 0 amide bonds. The lowest BCUT2D eigenvalue weighted by atomic mass is 10.1. The number of pyridine rings is 1. The van der Waals surface area contributed by atoms with E-state index in [1.54, 1.807) is 6.92 Å². The largest absolute Gasteiger partial charge is 0.393 e. The highest BCUT2D eigenvalue weighted by molar-refractivity contribution is 5.75. The van der Waals surface area contributed by atoms with Crippen LogP contribution in [0.2, 0.25) is 0 Å². The lowest BCUT2D eigenvalue weighted by molar-refractivity contribution is 0.194. The minimum absolute atomic E-state index is 0.363. The Bertz CT molecular complexity index is 558. The first kappa shape index (κ1) is 13.0. The van der Waals surface area contributed by atoms with E-state index in [2.05, 4.69) is 28.4 Å². The van der Waals surface area contributed by atoms with Gasteiger partial charge in [0.2, 0.25) is 0 Å². The molecule has 0 aliphatic heterocycles. The maximum Gasteiger partial charge on any atom is 0.160 e. The third kappa shape index (κ3) is 2.38. The predicted molar refractivity (Wildman–Crippen MR) is 72.6 cm³/mol. The summed E-state index contributed by atoms with van der Waals surface area (Å²) in [5.74, 6) is 1.08. The minimum Gasteiger partial charge on any atom is -0.393 e. The Morgan fingerprint density at radius 3 is 2.72 bits per heavy atom. The lowest BCUT2D eigenvalue weighted by Gasteiger charge is -2.06. The van der Waals surface area contributed by atoms with Crippen molar-refractivity contribution in [1.29, 1.82) is 0 Å². The highest BCUT2D eigenvalue weighted by Gasteiger charge is 2.12. The average molecular weight is 247 g/mol. The number of aliphatic hydroxyl groups is 1. The Kier molecular flexibility index (Phi) is 3.66. The number of imidazole rings is 1. The molecule has 2 aromatic heterocycles. The van der Waals surface area contributed by atoms with Crippen LogP contribution in [0.5, 0.6) is 0 Å². The van der Waals surface area contributed by atoms with Gasteiger partial charge in [-0.25, -0.2) is 9.97 Å². The Labute approximate surface area is 108 Å². The van der Waals surface area contributed by atoms with Crippen LogP contribution < -0.4 is 0 Å². The molecule has 18 heavy (non-hydrogen) atoms. The first-order chi connectivity index (χ1) is 8.52. The number of aromatic nitrogens is 3. The van der Waals surface area contributed by atoms with Gasteiger partial charge in [-0.2, -0.15) is 0 Å². The molecule has 0 fully saturated rings. The van der Waals surface area contributed by atoms with Crippen LogP contribution in [0, 0.1) is 6.92 Å². The number of fused-ring (bicyclic) bond motifs is 1. The van der Waals surface area contributed by atoms with Crippen molar-refractivity contribution in [3.8, 4) is 0 Å². The molecular weight excluding hydrogens is 226 g/mol. The Morgan fingerprint density at radius 1 is 1.39 bits per heavy atom. The summed E-state index contributed by atoms with van der Waals surface area (Å²) in [6, 6.07) is 2.03. The molecule has 2 heterocycles. The summed E-state index contributed by atoms with van der Waals surface area (Å²) in [4.78, 5) is 9.28. The van der Waals surface area contributed by atoms with E-state index in [0.717, 1.165) is 41.1 Å². The fourth-order valence-electron chi connectivity index (χ4n) is 2.27. The quantitative estimate of drug-likeness (QED) is 0.900. The van der Waals surface area contributed by atoms with Crippen LogP contribution in [0.4, 0.5) is 0 Å². The van der Waals surface area contributed by atoms with E-state index in [0.29, 0.717) is 6.42 Å². The average Bonchev–Trinajstić information content (AvgIpc) is 2.58. The Morgan fingerprint density at radius 2 is 2.11 bits per heavy atom. The van der Waals surface area contributed by atoms with Gasteiger partial charge in [-0.05, 0) is 31.9 Å². The van der Waals surface area contributed by atoms with Crippen LogP contribution in [-0.2, 0) is 19.9 Å². The molecule has 0 aliphatic carbocycles. The molecule has 0 spiro atoms. The smallest absolute Gasteiger partial charge is 0.160 e. The van der Waals surface area contributed by atoms with Gasteiger partial charge in [-0.3, -0.25) is 0 Å². The first-order valence-corrected chi connectivity index (χ1v) is 6.52. The third-order valence-corrected chi connectivity index (χ3v) is 3.14. The molecular formula is C14H21N3O. The van der Waals surface area contributed by atoms with E-state index in [1.165, 1.54) is 0 Å². The fourth-order valence-corrected chi connectivity index (χ4v) is 2.27. The van der Waals surface area contributed by atoms with Gasteiger partial charge in [0.1, 0.15) is 11.3 Å². The van der Waals surface area contributed by atoms with Gasteiger partial charge >= 0.3 is 0 Å². The molecule has 2 aromatic rings. The van der Waals surface area contributed by atoms with Crippen molar-refractivity contribution in [2.75, 3.05) is 0 Å². The molecule has 0 saturated carbocycles. The van der Waals surface area contributed by atoms with Gasteiger partial charge in [0.05, 0.1) is 6.10 Å². The van der Waals surface area contributed by atoms with Crippen molar-refractivity contribution < 1.29 is 5.11 Å². The molecule has 2 rings (SSSR count). The zero-order valence-electron chi connectivity index (χ0n) is 11.6. The van der Waals surface area contributed by atoms with Gasteiger partial charge in [-0.1, -0.05) is 6.92 Å². The second kappa shape index (κ2) is 5.06. The van der Waals surface area contributed by atoms with Crippen molar-refractivity contribution in [2.45, 2.75) is 46.1 Å². The third-order valence-electron chi connectivity index (χ3n) is 3.14. The standard InChI is InChI=1S/C14H21N3O/c1-5-6-12-16-13-9(2)7-11(8-10(3)18)15-14(13)17(12)4/h7,10,18H,5-6,8H2,1-4H3. The molecule has 1 N–H and O–H groups in total. The topological polar surface area (TPSA) is 50.9 Å². The summed E-state index contributed by atoms with van der Waals surface area (Å²) in [7, 11) is 2.01. The van der Waals surface area contributed by atoms with Crippen molar-refractivity contribution in [3.05, 3.63) is 23.1 Å². The summed E-state index contributed by atoms with van der Waals surface area (Å²) in [6.45, 7) is 5.99. The molecule has 1 unspecified atom stereocenters. The number of nitrogens with zero attached hydrogens (tertiary/aromatic N) is 3. The highest BCUT2D eigenvalue weighted by Crippen LogP contribution is 2.19. The lowest BCUT2D eigenvalue weighted by Crippen LogP contribution is -2.07. The van der Waals surface area contributed by atoms with Crippen molar-refractivity contribution >= 4 is 11.2 Å². The van der Waals surface area contributed by atoms with Crippen molar-refractivity contribution in [2.24, 2.45) is 7.05 Å². The van der Waals surface area contributed by atoms with E-state index in [-0.39, 0.29) is 6.10 Å². The van der Waals surface area contributed by atoms with Gasteiger partial charge in [-0.15, -0.1) is 0 Å². The monoisotopic (exact) mass is 247 g/mol. The second-order valence-electron chi connectivity index (χ2n) is 4.99. The van der Waals surface area contributed by atoms with Crippen LogP contribution in [0.25, 0.3) is 11.2 Å². The molecule has 98 valence electrons. The van der Waals surface area contributed by atoms with E-state index >= 15 is 0 Å². The van der Waals surface area contributed by atoms with Crippen LogP contribution in [0.3, 0.4) is 0 Å². The molecule has 0 bridgehead atoms. The molecule has 1 atom stereocenters. The predicted octanol–water partition coefficient (Wildman–Crippen LogP) is 2.15. The highest BCUT2D eigenvalue weighted by atomic mass is 16.3. The van der Waals surface area contributed by atoms with Gasteiger partial charge in [0.25, 0.3) is 0 Å². The van der Waals surface area contributed by atoms with Crippen LogP contribution in [0.15, 0.2) is 6.07 Å². The maximum absolute atomic E-state index is 9.47. The number of aryl methyl sites for hydroxylation is 3. The Hall–Kier alpha value is -1.42. The van der Waals surface area contributed by atoms with Gasteiger partial charge < -0.3 is 9.67 Å². The summed E-state index contributed by atoms with van der Waals surface area (Å²) in [6.07, 6.45) is 2.28. The number of aliphatic hydroxyl groups excluding tert-OH is 1. The fraction of sp³-hybridized carbons (Fsp3) is 0.571. The zero-order valence-corrected chi connectivity index (χ0v) is 11.6. The number of hydrogen-bond donors (Lipinski definition) is 1. The molecule has 0 radical (unpaired) electrons. The van der Waals surface area contributed by atoms with Gasteiger partial charge in [0, 0.05) is 25.6 Å². The number of rotatable bonds is 4. The first-order valence-electron chi connectivity index (χ1n) is 6.52. The van der Waals surface area contributed by atoms with Crippen LogP contribution in [-0.4, -0.2) is 25.7 Å². The molecule has 0 aromatic carbocycles. The van der Waals surface area contributed by atoms with E-state index < -0.39 is 0 Å². The van der Waals surface area contributed by atoms with Gasteiger partial charge in [0.15, 0.2) is 5.65 Å². The zero-order chi connectivity index (χ0) is 13.3. The van der Waals surface area contributed by atoms with E-state index in [1.807, 2.05) is 13.1 Å². The molecule has 4 heteroatoms. The van der Waals surface area contributed by atoms with Crippen LogP contribution in [0.1, 0.15) is 37.4 Å². The molecule has 4 nitrogen and oxygen atoms in total. The van der Waals surface area contributed by atoms with E-state index in [4.69, 9.17) is 0 Å². The number of hydrogen-bond acceptors (Lipinski definition) is 3. The summed E-state index contributed by atoms with van der Waals surface area (Å²) in [5.41, 5.74) is 3.97. The van der Waals surface area contributed by atoms with Crippen molar-refractivity contribution in [1.82, 2.24) is 14.5 Å². The maximum atomic E-state index is 9.47. The summed E-state index contributed by atoms with van der Waals surface area (Å²) in [5, 5.41) is 9.47. The molecule has 0 saturated heterocycles. The molecule has 0 aliphatic rings. The Balaban J connectivity index is 2.53. The summed E-state index contributed by atoms with van der Waals surface area (Å²) < 4.78 is 2.07.